The van der Waals surface area contributed by atoms with Gasteiger partial charge in [0.05, 0.1) is 11.4 Å². The predicted octanol–water partition coefficient (Wildman–Crippen LogP) is 1.40. The second kappa shape index (κ2) is 5.59. The number of phenols is 1. The first-order valence-corrected chi connectivity index (χ1v) is 6.43. The van der Waals surface area contributed by atoms with Crippen LogP contribution in [-0.4, -0.2) is 35.5 Å². The maximum absolute atomic E-state index is 12.1. The lowest BCUT2D eigenvalue weighted by Gasteiger charge is -2.16. The summed E-state index contributed by atoms with van der Waals surface area (Å²) in [7, 11) is 0. The van der Waals surface area contributed by atoms with E-state index < -0.39 is 0 Å². The van der Waals surface area contributed by atoms with Crippen molar-refractivity contribution in [2.24, 2.45) is 11.7 Å². The smallest absolute Gasteiger partial charge is 0.227 e. The number of nitrogens with zero attached hydrogens (tertiary/aromatic N) is 1. The molecule has 1 heterocycles. The third-order valence-corrected chi connectivity index (χ3v) is 3.64. The number of carbonyl (C=O) groups excluding carboxylic acids is 1. The molecule has 1 aromatic carbocycles. The van der Waals surface area contributed by atoms with E-state index in [9.17, 15) is 9.90 Å². The molecule has 18 heavy (non-hydrogen) atoms. The third kappa shape index (κ3) is 2.94. The van der Waals surface area contributed by atoms with Gasteiger partial charge in [-0.25, -0.2) is 0 Å². The molecule has 5 heteroatoms. The summed E-state index contributed by atoms with van der Waals surface area (Å²) < 4.78 is 0. The molecule has 3 N–H and O–H groups in total. The van der Waals surface area contributed by atoms with Crippen molar-refractivity contribution in [3.05, 3.63) is 28.8 Å². The number of nitrogens with two attached hydrogens (primary N) is 1. The Hall–Kier alpha value is -1.26. The average Bonchev–Trinajstić information content (AvgIpc) is 2.82. The Balaban J connectivity index is 1.97. The van der Waals surface area contributed by atoms with Crippen LogP contribution in [0.2, 0.25) is 5.02 Å². The largest absolute Gasteiger partial charge is 0.506 e. The molecule has 1 atom stereocenters. The zero-order chi connectivity index (χ0) is 13.1. The first-order chi connectivity index (χ1) is 8.60. The highest BCUT2D eigenvalue weighted by Gasteiger charge is 2.25. The maximum atomic E-state index is 12.1. The summed E-state index contributed by atoms with van der Waals surface area (Å²) in [4.78, 5) is 13.9. The first kappa shape index (κ1) is 13.2. The van der Waals surface area contributed by atoms with Crippen molar-refractivity contribution in [2.45, 2.75) is 12.8 Å². The molecule has 1 amide bonds. The molecule has 0 unspecified atom stereocenters. The summed E-state index contributed by atoms with van der Waals surface area (Å²) in [6, 6.07) is 4.86. The van der Waals surface area contributed by atoms with Crippen molar-refractivity contribution in [1.29, 1.82) is 0 Å². The van der Waals surface area contributed by atoms with Gasteiger partial charge in [0.15, 0.2) is 0 Å². The molecule has 1 aliphatic heterocycles. The van der Waals surface area contributed by atoms with Crippen molar-refractivity contribution in [1.82, 2.24) is 4.90 Å². The van der Waals surface area contributed by atoms with E-state index in [1.54, 1.807) is 12.1 Å². The topological polar surface area (TPSA) is 66.6 Å². The third-order valence-electron chi connectivity index (χ3n) is 3.34. The van der Waals surface area contributed by atoms with Gasteiger partial charge in [-0.2, -0.15) is 0 Å². The molecule has 0 spiro atoms. The molecule has 1 aromatic rings. The van der Waals surface area contributed by atoms with Crippen molar-refractivity contribution >= 4 is 17.5 Å². The van der Waals surface area contributed by atoms with E-state index in [0.717, 1.165) is 25.1 Å². The molecular weight excluding hydrogens is 252 g/mol. The van der Waals surface area contributed by atoms with Crippen LogP contribution >= 0.6 is 11.6 Å². The van der Waals surface area contributed by atoms with E-state index >= 15 is 0 Å². The highest BCUT2D eigenvalue weighted by atomic mass is 35.5. The van der Waals surface area contributed by atoms with E-state index in [1.807, 2.05) is 4.90 Å². The summed E-state index contributed by atoms with van der Waals surface area (Å²) >= 11 is 5.81. The van der Waals surface area contributed by atoms with Crippen molar-refractivity contribution in [2.75, 3.05) is 19.6 Å². The Labute approximate surface area is 111 Å². The molecule has 1 saturated heterocycles. The number of aromatic hydroxyl groups is 1. The molecule has 0 aliphatic carbocycles. The number of hydrogen-bond acceptors (Lipinski definition) is 3. The molecule has 0 bridgehead atoms. The Kier molecular flexibility index (Phi) is 4.09. The average molecular weight is 269 g/mol. The number of likely N-dealkylation sites (tertiary alicyclic amines) is 1. The molecule has 1 fully saturated rings. The van der Waals surface area contributed by atoms with Crippen LogP contribution in [0.1, 0.15) is 12.0 Å². The van der Waals surface area contributed by atoms with Crippen LogP contribution in [0.25, 0.3) is 0 Å². The number of benzene rings is 1. The van der Waals surface area contributed by atoms with E-state index in [1.165, 1.54) is 6.07 Å². The van der Waals surface area contributed by atoms with Crippen LogP contribution in [0.3, 0.4) is 0 Å². The van der Waals surface area contributed by atoms with Crippen molar-refractivity contribution in [3.63, 3.8) is 0 Å². The Bertz CT molecular complexity index is 451. The number of phenolic OH excluding ortho intramolecular Hbond substituents is 1. The molecular formula is C13H17ClN2O2. The predicted molar refractivity (Wildman–Crippen MR) is 70.6 cm³/mol. The summed E-state index contributed by atoms with van der Waals surface area (Å²) in [5.41, 5.74) is 6.42. The number of amides is 1. The fourth-order valence-corrected chi connectivity index (χ4v) is 2.40. The first-order valence-electron chi connectivity index (χ1n) is 6.05. The van der Waals surface area contributed by atoms with Crippen LogP contribution in [0.5, 0.6) is 5.75 Å². The second-order valence-electron chi connectivity index (χ2n) is 4.69. The molecule has 0 saturated carbocycles. The molecule has 2 rings (SSSR count). The highest BCUT2D eigenvalue weighted by Crippen LogP contribution is 2.24. The van der Waals surface area contributed by atoms with Gasteiger partial charge in [0.2, 0.25) is 5.91 Å². The maximum Gasteiger partial charge on any atom is 0.227 e. The van der Waals surface area contributed by atoms with Gasteiger partial charge in [-0.15, -0.1) is 0 Å². The van der Waals surface area contributed by atoms with Gasteiger partial charge in [-0.3, -0.25) is 4.79 Å². The number of hydrogen-bond donors (Lipinski definition) is 2. The fraction of sp³-hybridized carbons (Fsp3) is 0.462. The lowest BCUT2D eigenvalue weighted by molar-refractivity contribution is -0.129. The van der Waals surface area contributed by atoms with Crippen LogP contribution in [0.15, 0.2) is 18.2 Å². The molecule has 0 radical (unpaired) electrons. The zero-order valence-electron chi connectivity index (χ0n) is 10.1. The van der Waals surface area contributed by atoms with Crippen molar-refractivity contribution in [3.8, 4) is 5.75 Å². The summed E-state index contributed by atoms with van der Waals surface area (Å²) in [6.07, 6.45) is 1.30. The standard InChI is InChI=1S/C13H17ClN2O2/c14-11-5-9(1-2-12(11)17)6-13(18)16-4-3-10(7-15)8-16/h1-2,5,10,17H,3-4,6-8,15H2/t10-/m1/s1. The van der Waals surface area contributed by atoms with E-state index in [0.29, 0.717) is 18.9 Å². The lowest BCUT2D eigenvalue weighted by Crippen LogP contribution is -2.31. The number of carbonyl (C=O) groups is 1. The quantitative estimate of drug-likeness (QED) is 0.871. The van der Waals surface area contributed by atoms with Crippen LogP contribution in [0.4, 0.5) is 0 Å². The Morgan fingerprint density at radius 1 is 1.56 bits per heavy atom. The monoisotopic (exact) mass is 268 g/mol. The van der Waals surface area contributed by atoms with E-state index in [2.05, 4.69) is 0 Å². The number of halogens is 1. The molecule has 1 aliphatic rings. The van der Waals surface area contributed by atoms with Crippen molar-refractivity contribution < 1.29 is 9.90 Å². The van der Waals surface area contributed by atoms with Crippen LogP contribution in [0, 0.1) is 5.92 Å². The Morgan fingerprint density at radius 2 is 2.33 bits per heavy atom. The molecule has 0 aromatic heterocycles. The summed E-state index contributed by atoms with van der Waals surface area (Å²) in [5.74, 6) is 0.558. The van der Waals surface area contributed by atoms with Gasteiger partial charge in [0, 0.05) is 13.1 Å². The zero-order valence-corrected chi connectivity index (χ0v) is 10.9. The van der Waals surface area contributed by atoms with E-state index in [4.69, 9.17) is 17.3 Å². The minimum atomic E-state index is 0.0391. The van der Waals surface area contributed by atoms with Gasteiger partial charge in [-0.1, -0.05) is 17.7 Å². The second-order valence-corrected chi connectivity index (χ2v) is 5.10. The highest BCUT2D eigenvalue weighted by molar-refractivity contribution is 6.32. The van der Waals surface area contributed by atoms with Gasteiger partial charge in [0.25, 0.3) is 0 Å². The summed E-state index contributed by atoms with van der Waals surface area (Å²) in [6.45, 7) is 2.17. The van der Waals surface area contributed by atoms with Gasteiger partial charge in [-0.05, 0) is 36.6 Å². The molecule has 98 valence electrons. The van der Waals surface area contributed by atoms with E-state index in [-0.39, 0.29) is 16.7 Å². The van der Waals surface area contributed by atoms with Gasteiger partial charge in [0.1, 0.15) is 5.75 Å². The summed E-state index contributed by atoms with van der Waals surface area (Å²) in [5, 5.41) is 9.59. The molecule has 4 nitrogen and oxygen atoms in total. The van der Waals surface area contributed by atoms with Crippen LogP contribution < -0.4 is 5.73 Å². The van der Waals surface area contributed by atoms with Crippen LogP contribution in [-0.2, 0) is 11.2 Å². The Morgan fingerprint density at radius 3 is 2.94 bits per heavy atom. The minimum Gasteiger partial charge on any atom is -0.506 e. The number of rotatable bonds is 3. The van der Waals surface area contributed by atoms with Gasteiger partial charge >= 0.3 is 0 Å². The lowest BCUT2D eigenvalue weighted by atomic mass is 10.1. The fourth-order valence-electron chi connectivity index (χ4n) is 2.20. The SMILES string of the molecule is NC[C@H]1CCN(C(=O)Cc2ccc(O)c(Cl)c2)C1. The van der Waals surface area contributed by atoms with Gasteiger partial charge < -0.3 is 15.7 Å². The minimum absolute atomic E-state index is 0.0391. The normalized spacial score (nSPS) is 19.2.